The summed E-state index contributed by atoms with van der Waals surface area (Å²) in [5.74, 6) is -1.02. The predicted octanol–water partition coefficient (Wildman–Crippen LogP) is 1.82. The van der Waals surface area contributed by atoms with Gasteiger partial charge in [0, 0.05) is 25.9 Å². The van der Waals surface area contributed by atoms with E-state index in [2.05, 4.69) is 0 Å². The number of piperidine rings is 1. The Labute approximate surface area is 127 Å². The first-order chi connectivity index (χ1) is 10.4. The third-order valence-corrected chi connectivity index (χ3v) is 3.76. The van der Waals surface area contributed by atoms with Crippen molar-refractivity contribution in [2.45, 2.75) is 25.1 Å². The lowest BCUT2D eigenvalue weighted by Crippen LogP contribution is -2.46. The summed E-state index contributed by atoms with van der Waals surface area (Å²) in [7, 11) is 0. The molecule has 1 saturated heterocycles. The quantitative estimate of drug-likeness (QED) is 0.885. The van der Waals surface area contributed by atoms with Gasteiger partial charge >= 0.3 is 12.1 Å². The monoisotopic (exact) mass is 311 g/mol. The van der Waals surface area contributed by atoms with Crippen molar-refractivity contribution in [1.29, 1.82) is 0 Å². The number of aliphatic hydroxyl groups is 1. The Kier molecular flexibility index (Phi) is 4.97. The van der Waals surface area contributed by atoms with Gasteiger partial charge in [-0.2, -0.15) is 0 Å². The lowest BCUT2D eigenvalue weighted by Gasteiger charge is -2.34. The molecule has 0 aromatic heterocycles. The zero-order chi connectivity index (χ0) is 16.2. The average molecular weight is 311 g/mol. The molecule has 1 aromatic rings. The number of nitrogens with zero attached hydrogens (tertiary/aromatic N) is 1. The van der Waals surface area contributed by atoms with Gasteiger partial charge in [0.2, 0.25) is 0 Å². The van der Waals surface area contributed by atoms with Crippen LogP contribution in [0.1, 0.15) is 28.8 Å². The molecular weight excluding hydrogens is 293 g/mol. The van der Waals surface area contributed by atoms with Gasteiger partial charge in [-0.1, -0.05) is 12.1 Å². The van der Waals surface area contributed by atoms with E-state index in [-0.39, 0.29) is 38.1 Å². The van der Waals surface area contributed by atoms with Crippen molar-refractivity contribution in [1.82, 2.24) is 4.90 Å². The van der Waals surface area contributed by atoms with E-state index in [4.69, 9.17) is 14.9 Å². The number of ether oxygens (including phenoxy) is 1. The number of carboxylic acids is 1. The van der Waals surface area contributed by atoms with Crippen LogP contribution in [0.15, 0.2) is 24.3 Å². The summed E-state index contributed by atoms with van der Waals surface area (Å²) in [6, 6.07) is 6.02. The molecular formula is C15H18FNO5. The topological polar surface area (TPSA) is 87.1 Å². The highest BCUT2D eigenvalue weighted by Crippen LogP contribution is 2.26. The molecule has 0 aliphatic carbocycles. The van der Waals surface area contributed by atoms with Crippen LogP contribution in [0.4, 0.5) is 9.18 Å². The predicted molar refractivity (Wildman–Crippen MR) is 75.3 cm³/mol. The summed E-state index contributed by atoms with van der Waals surface area (Å²) < 4.78 is 18.9. The Balaban J connectivity index is 1.82. The Morgan fingerprint density at radius 3 is 2.32 bits per heavy atom. The Hall–Kier alpha value is -2.15. The highest BCUT2D eigenvalue weighted by Gasteiger charge is 2.35. The second-order valence-electron chi connectivity index (χ2n) is 5.35. The van der Waals surface area contributed by atoms with Crippen LogP contribution in [0.2, 0.25) is 0 Å². The number of alkyl halides is 1. The molecule has 0 spiro atoms. The molecule has 0 saturated carbocycles. The summed E-state index contributed by atoms with van der Waals surface area (Å²) in [6.07, 6.45) is -0.361. The van der Waals surface area contributed by atoms with Crippen molar-refractivity contribution in [3.63, 3.8) is 0 Å². The maximum Gasteiger partial charge on any atom is 0.410 e. The van der Waals surface area contributed by atoms with Crippen molar-refractivity contribution in [2.75, 3.05) is 19.7 Å². The number of aliphatic hydroxyl groups excluding tert-OH is 1. The van der Waals surface area contributed by atoms with Crippen LogP contribution < -0.4 is 0 Å². The first kappa shape index (κ1) is 16.2. The molecule has 0 atom stereocenters. The van der Waals surface area contributed by atoms with Crippen LogP contribution in [-0.4, -0.2) is 52.5 Å². The van der Waals surface area contributed by atoms with Crippen molar-refractivity contribution in [3.05, 3.63) is 35.4 Å². The minimum Gasteiger partial charge on any atom is -0.478 e. The number of carbonyl (C=O) groups excluding carboxylic acids is 1. The molecule has 0 bridgehead atoms. The van der Waals surface area contributed by atoms with Gasteiger partial charge in [-0.05, 0) is 17.7 Å². The summed E-state index contributed by atoms with van der Waals surface area (Å²) >= 11 is 0. The maximum absolute atomic E-state index is 13.8. The number of rotatable bonds is 4. The minimum atomic E-state index is -1.61. The van der Waals surface area contributed by atoms with Gasteiger partial charge in [0.25, 0.3) is 0 Å². The number of likely N-dealkylation sites (tertiary alicyclic amines) is 1. The fourth-order valence-electron chi connectivity index (χ4n) is 2.23. The number of benzene rings is 1. The van der Waals surface area contributed by atoms with Gasteiger partial charge in [-0.3, -0.25) is 0 Å². The van der Waals surface area contributed by atoms with E-state index in [1.807, 2.05) is 0 Å². The van der Waals surface area contributed by atoms with Crippen molar-refractivity contribution in [3.8, 4) is 0 Å². The van der Waals surface area contributed by atoms with Gasteiger partial charge in [-0.25, -0.2) is 14.0 Å². The molecule has 1 aliphatic rings. The summed E-state index contributed by atoms with van der Waals surface area (Å²) in [5.41, 5.74) is -0.774. The molecule has 2 rings (SSSR count). The van der Waals surface area contributed by atoms with Gasteiger partial charge in [0.15, 0.2) is 0 Å². The van der Waals surface area contributed by atoms with Crippen LogP contribution in [0.25, 0.3) is 0 Å². The second-order valence-corrected chi connectivity index (χ2v) is 5.35. The number of carboxylic acid groups (broad SMARTS) is 1. The molecule has 6 nitrogen and oxygen atoms in total. The molecule has 7 heteroatoms. The van der Waals surface area contributed by atoms with Crippen LogP contribution in [0.5, 0.6) is 0 Å². The van der Waals surface area contributed by atoms with Crippen LogP contribution in [0.3, 0.4) is 0 Å². The summed E-state index contributed by atoms with van der Waals surface area (Å²) in [5, 5.41) is 17.7. The van der Waals surface area contributed by atoms with Gasteiger partial charge in [-0.15, -0.1) is 0 Å². The van der Waals surface area contributed by atoms with E-state index in [9.17, 15) is 14.0 Å². The van der Waals surface area contributed by atoms with Gasteiger partial charge in [0.1, 0.15) is 12.3 Å². The van der Waals surface area contributed by atoms with E-state index in [1.165, 1.54) is 17.0 Å². The second kappa shape index (κ2) is 6.74. The lowest BCUT2D eigenvalue weighted by atomic mass is 9.95. The summed E-state index contributed by atoms with van der Waals surface area (Å²) in [4.78, 5) is 24.0. The molecule has 120 valence electrons. The average Bonchev–Trinajstić information content (AvgIpc) is 2.53. The smallest absolute Gasteiger partial charge is 0.410 e. The molecule has 1 fully saturated rings. The Bertz CT molecular complexity index is 537. The van der Waals surface area contributed by atoms with Crippen molar-refractivity contribution < 1.29 is 28.9 Å². The molecule has 1 aromatic carbocycles. The third-order valence-electron chi connectivity index (χ3n) is 3.76. The normalized spacial score (nSPS) is 17.1. The first-order valence-electron chi connectivity index (χ1n) is 6.97. The number of halogens is 1. The highest BCUT2D eigenvalue weighted by atomic mass is 19.1. The third kappa shape index (κ3) is 3.94. The molecule has 22 heavy (non-hydrogen) atoms. The zero-order valence-electron chi connectivity index (χ0n) is 12.0. The molecule has 0 radical (unpaired) electrons. The fourth-order valence-corrected chi connectivity index (χ4v) is 2.23. The molecule has 0 unspecified atom stereocenters. The van der Waals surface area contributed by atoms with E-state index < -0.39 is 24.3 Å². The summed E-state index contributed by atoms with van der Waals surface area (Å²) in [6.45, 7) is -0.108. The Morgan fingerprint density at radius 1 is 1.23 bits per heavy atom. The lowest BCUT2D eigenvalue weighted by molar-refractivity contribution is 0.00531. The van der Waals surface area contributed by atoms with Crippen molar-refractivity contribution in [2.24, 2.45) is 0 Å². The van der Waals surface area contributed by atoms with E-state index in [1.54, 1.807) is 12.1 Å². The molecule has 1 amide bonds. The van der Waals surface area contributed by atoms with E-state index in [0.29, 0.717) is 5.56 Å². The number of carbonyl (C=O) groups is 2. The number of hydrogen-bond acceptors (Lipinski definition) is 4. The standard InChI is InChI=1S/C15H18FNO5/c16-15(10-18)5-7-17(8-6-15)14(21)22-9-11-1-3-12(4-2-11)13(19)20/h1-4,18H,5-10H2,(H,19,20). The van der Waals surface area contributed by atoms with Gasteiger partial charge < -0.3 is 19.8 Å². The van der Waals surface area contributed by atoms with E-state index in [0.717, 1.165) is 0 Å². The van der Waals surface area contributed by atoms with Gasteiger partial charge in [0.05, 0.1) is 12.2 Å². The van der Waals surface area contributed by atoms with Crippen LogP contribution in [-0.2, 0) is 11.3 Å². The fraction of sp³-hybridized carbons (Fsp3) is 0.467. The maximum atomic E-state index is 13.8. The number of amides is 1. The molecule has 1 heterocycles. The van der Waals surface area contributed by atoms with E-state index >= 15 is 0 Å². The van der Waals surface area contributed by atoms with Crippen LogP contribution >= 0.6 is 0 Å². The molecule has 2 N–H and O–H groups in total. The first-order valence-corrected chi connectivity index (χ1v) is 6.97. The zero-order valence-corrected chi connectivity index (χ0v) is 12.0. The largest absolute Gasteiger partial charge is 0.478 e. The minimum absolute atomic E-state index is 0.0238. The number of aromatic carboxylic acids is 1. The number of hydrogen-bond donors (Lipinski definition) is 2. The molecule has 1 aliphatic heterocycles. The highest BCUT2D eigenvalue weighted by molar-refractivity contribution is 5.87. The SMILES string of the molecule is O=C(O)c1ccc(COC(=O)N2CCC(F)(CO)CC2)cc1. The van der Waals surface area contributed by atoms with Crippen molar-refractivity contribution >= 4 is 12.1 Å². The Morgan fingerprint density at radius 2 is 1.82 bits per heavy atom. The van der Waals surface area contributed by atoms with Crippen LogP contribution in [0, 0.1) is 0 Å².